The van der Waals surface area contributed by atoms with Crippen molar-refractivity contribution in [3.63, 3.8) is 0 Å². The maximum atomic E-state index is 12.1. The van der Waals surface area contributed by atoms with Gasteiger partial charge in [-0.3, -0.25) is 4.79 Å². The first kappa shape index (κ1) is 19.9. The summed E-state index contributed by atoms with van der Waals surface area (Å²) < 4.78 is 9.97. The number of hydrogen-bond donors (Lipinski definition) is 1. The summed E-state index contributed by atoms with van der Waals surface area (Å²) in [6.45, 7) is 0. The molecule has 3 rings (SSSR count). The van der Waals surface area contributed by atoms with Gasteiger partial charge in [0.1, 0.15) is 5.57 Å². The molecule has 1 aromatic carbocycles. The second-order valence-corrected chi connectivity index (χ2v) is 7.34. The number of aromatic amines is 1. The van der Waals surface area contributed by atoms with Crippen molar-refractivity contribution in [2.75, 3.05) is 14.2 Å². The molecule has 2 aromatic rings. The fraction of sp³-hybridized carbons (Fsp3) is 0.286. The number of aliphatic imine (C=N–C) groups is 1. The summed E-state index contributed by atoms with van der Waals surface area (Å²) in [4.78, 5) is 30.8. The molecule has 146 valence electrons. The topological polar surface area (TPSA) is 80.8 Å². The zero-order valence-electron chi connectivity index (χ0n) is 15.8. The van der Waals surface area contributed by atoms with E-state index in [1.54, 1.807) is 24.0 Å². The first-order valence-electron chi connectivity index (χ1n) is 8.92. The van der Waals surface area contributed by atoms with Crippen LogP contribution in [0.25, 0.3) is 5.57 Å². The number of nitrogens with zero attached hydrogens (tertiary/aromatic N) is 1. The fourth-order valence-corrected chi connectivity index (χ4v) is 3.88. The van der Waals surface area contributed by atoms with Crippen molar-refractivity contribution in [3.05, 3.63) is 70.3 Å². The molecule has 1 heterocycles. The van der Waals surface area contributed by atoms with Crippen molar-refractivity contribution < 1.29 is 14.3 Å². The third kappa shape index (κ3) is 5.13. The number of carbonyl (C=O) groups is 1. The Hall–Kier alpha value is -2.80. The van der Waals surface area contributed by atoms with Crippen molar-refractivity contribution in [1.29, 1.82) is 0 Å². The molecule has 0 spiro atoms. The van der Waals surface area contributed by atoms with Gasteiger partial charge in [0.05, 0.1) is 31.2 Å². The summed E-state index contributed by atoms with van der Waals surface area (Å²) in [5, 5.41) is 1.04. The summed E-state index contributed by atoms with van der Waals surface area (Å²) in [7, 11) is 2.85. The van der Waals surface area contributed by atoms with Gasteiger partial charge in [0.15, 0.2) is 0 Å². The molecule has 6 nitrogen and oxygen atoms in total. The molecule has 7 heteroatoms. The van der Waals surface area contributed by atoms with Crippen LogP contribution < -0.4 is 5.56 Å². The van der Waals surface area contributed by atoms with Crippen LogP contribution in [0.3, 0.4) is 0 Å². The number of ether oxygens (including phenoxy) is 2. The highest BCUT2D eigenvalue weighted by Gasteiger charge is 2.28. The maximum Gasteiger partial charge on any atom is 0.341 e. The third-order valence-corrected chi connectivity index (χ3v) is 5.43. The Labute approximate surface area is 167 Å². The van der Waals surface area contributed by atoms with Gasteiger partial charge in [-0.05, 0) is 30.0 Å². The number of aromatic nitrogens is 1. The monoisotopic (exact) mass is 398 g/mol. The number of methoxy groups -OCH3 is 2. The van der Waals surface area contributed by atoms with E-state index in [0.29, 0.717) is 17.2 Å². The molecule has 0 saturated heterocycles. The number of benzene rings is 1. The summed E-state index contributed by atoms with van der Waals surface area (Å²) in [5.41, 5.74) is 2.75. The standard InChI is InChI=1S/C21H22N2O4S/c1-26-12-18(21(25)27-2)17-6-4-3-5-15(17)13-28-20(14-7-8-14)23-16-9-10-19(24)22-11-16/h3-6,9-12,14H,7-8,13H2,1-2H3,(H,22,24)/b18-12+,23-20?. The normalized spacial score (nSPS) is 14.6. The molecule has 1 aromatic heterocycles. The lowest BCUT2D eigenvalue weighted by molar-refractivity contribution is -0.133. The SMILES string of the molecule is CO/C=C(/C(=O)OC)c1ccccc1CSC(=Nc1ccc(=O)[nH]c1)C1CC1. The van der Waals surface area contributed by atoms with Crippen LogP contribution in [-0.4, -0.2) is 30.2 Å². The van der Waals surface area contributed by atoms with Crippen LogP contribution in [-0.2, 0) is 20.0 Å². The molecule has 1 fully saturated rings. The molecule has 0 atom stereocenters. The van der Waals surface area contributed by atoms with Crippen LogP contribution in [0.4, 0.5) is 5.69 Å². The number of rotatable bonds is 7. The summed E-state index contributed by atoms with van der Waals surface area (Å²) >= 11 is 1.65. The van der Waals surface area contributed by atoms with Gasteiger partial charge in [0, 0.05) is 23.9 Å². The van der Waals surface area contributed by atoms with E-state index in [1.165, 1.54) is 26.5 Å². The average molecular weight is 398 g/mol. The Kier molecular flexibility index (Phi) is 6.71. The minimum Gasteiger partial charge on any atom is -0.503 e. The van der Waals surface area contributed by atoms with Crippen LogP contribution in [0, 0.1) is 5.92 Å². The molecule has 0 aliphatic heterocycles. The van der Waals surface area contributed by atoms with Gasteiger partial charge in [-0.2, -0.15) is 0 Å². The predicted octanol–water partition coefficient (Wildman–Crippen LogP) is 3.91. The molecule has 1 saturated carbocycles. The average Bonchev–Trinajstić information content (AvgIpc) is 3.56. The Bertz CT molecular complexity index is 940. The van der Waals surface area contributed by atoms with Crippen molar-refractivity contribution in [2.45, 2.75) is 18.6 Å². The Morgan fingerprint density at radius 3 is 2.68 bits per heavy atom. The molecule has 1 aliphatic carbocycles. The molecular weight excluding hydrogens is 376 g/mol. The lowest BCUT2D eigenvalue weighted by Crippen LogP contribution is -2.07. The first-order valence-corrected chi connectivity index (χ1v) is 9.90. The van der Waals surface area contributed by atoms with E-state index in [0.717, 1.165) is 34.7 Å². The predicted molar refractivity (Wildman–Crippen MR) is 112 cm³/mol. The van der Waals surface area contributed by atoms with Crippen LogP contribution in [0.15, 0.2) is 58.6 Å². The van der Waals surface area contributed by atoms with Crippen LogP contribution in [0.2, 0.25) is 0 Å². The molecule has 1 N–H and O–H groups in total. The van der Waals surface area contributed by atoms with Crippen LogP contribution >= 0.6 is 11.8 Å². The van der Waals surface area contributed by atoms with E-state index in [1.807, 2.05) is 24.3 Å². The molecule has 0 radical (unpaired) electrons. The van der Waals surface area contributed by atoms with Gasteiger partial charge in [-0.25, -0.2) is 9.79 Å². The molecule has 0 unspecified atom stereocenters. The molecular formula is C21H22N2O4S. The first-order chi connectivity index (χ1) is 13.6. The summed E-state index contributed by atoms with van der Waals surface area (Å²) in [6.07, 6.45) is 5.27. The van der Waals surface area contributed by atoms with Gasteiger partial charge >= 0.3 is 5.97 Å². The lowest BCUT2D eigenvalue weighted by atomic mass is 10.0. The smallest absolute Gasteiger partial charge is 0.341 e. The Morgan fingerprint density at radius 2 is 2.04 bits per heavy atom. The van der Waals surface area contributed by atoms with Gasteiger partial charge in [-0.1, -0.05) is 24.3 Å². The van der Waals surface area contributed by atoms with E-state index in [4.69, 9.17) is 14.5 Å². The van der Waals surface area contributed by atoms with E-state index in [2.05, 4.69) is 4.98 Å². The summed E-state index contributed by atoms with van der Waals surface area (Å²) in [5.74, 6) is 0.676. The zero-order chi connectivity index (χ0) is 19.9. The van der Waals surface area contributed by atoms with E-state index in [-0.39, 0.29) is 5.56 Å². The van der Waals surface area contributed by atoms with Crippen LogP contribution in [0.1, 0.15) is 24.0 Å². The third-order valence-electron chi connectivity index (χ3n) is 4.26. The van der Waals surface area contributed by atoms with Gasteiger partial charge in [0.25, 0.3) is 0 Å². The molecule has 1 aliphatic rings. The van der Waals surface area contributed by atoms with Crippen molar-refractivity contribution in [2.24, 2.45) is 10.9 Å². The van der Waals surface area contributed by atoms with E-state index < -0.39 is 5.97 Å². The quantitative estimate of drug-likeness (QED) is 0.251. The molecule has 0 bridgehead atoms. The minimum atomic E-state index is -0.441. The second-order valence-electron chi connectivity index (χ2n) is 6.34. The highest BCUT2D eigenvalue weighted by Crippen LogP contribution is 2.38. The van der Waals surface area contributed by atoms with E-state index in [9.17, 15) is 9.59 Å². The van der Waals surface area contributed by atoms with E-state index >= 15 is 0 Å². The van der Waals surface area contributed by atoms with Crippen molar-refractivity contribution >= 4 is 34.0 Å². The van der Waals surface area contributed by atoms with Crippen LogP contribution in [0.5, 0.6) is 0 Å². The minimum absolute atomic E-state index is 0.145. The number of nitrogens with one attached hydrogen (secondary N) is 1. The highest BCUT2D eigenvalue weighted by atomic mass is 32.2. The number of esters is 1. The number of hydrogen-bond acceptors (Lipinski definition) is 6. The van der Waals surface area contributed by atoms with Crippen molar-refractivity contribution in [3.8, 4) is 0 Å². The largest absolute Gasteiger partial charge is 0.503 e. The number of H-pyrrole nitrogens is 1. The second kappa shape index (κ2) is 9.41. The highest BCUT2D eigenvalue weighted by molar-refractivity contribution is 8.13. The fourth-order valence-electron chi connectivity index (χ4n) is 2.68. The number of carbonyl (C=O) groups excluding carboxylic acids is 1. The lowest BCUT2D eigenvalue weighted by Gasteiger charge is -2.12. The van der Waals surface area contributed by atoms with Gasteiger partial charge in [0.2, 0.25) is 5.56 Å². The van der Waals surface area contributed by atoms with Gasteiger partial charge < -0.3 is 14.5 Å². The van der Waals surface area contributed by atoms with Crippen molar-refractivity contribution in [1.82, 2.24) is 4.98 Å². The zero-order valence-corrected chi connectivity index (χ0v) is 16.6. The molecule has 0 amide bonds. The Morgan fingerprint density at radius 1 is 1.25 bits per heavy atom. The molecule has 28 heavy (non-hydrogen) atoms. The number of thioether (sulfide) groups is 1. The van der Waals surface area contributed by atoms with Gasteiger partial charge in [-0.15, -0.1) is 11.8 Å². The maximum absolute atomic E-state index is 12.1. The summed E-state index contributed by atoms with van der Waals surface area (Å²) in [6, 6.07) is 10.9. The Balaban J connectivity index is 1.83. The number of pyridine rings is 1.